The standard InChI is InChI=1S/C24H28N4O3S2.C2H6/c1-24(2,3)31-23(30)27-19(10-13-32-4)21(29)28-22-26-20(15-33-22)18-7-5-6-17(14-18)16-8-11-25-12-9-16;1-2/h5-9,11-12,14-15,19H,10,13H2,1-4H3,(H,27,30)(H,26,28,29);1-2H3. The molecule has 0 saturated carbocycles. The highest BCUT2D eigenvalue weighted by Crippen LogP contribution is 2.28. The Balaban J connectivity index is 0.00000210. The van der Waals surface area contributed by atoms with Crippen molar-refractivity contribution in [3.63, 3.8) is 0 Å². The molecule has 35 heavy (non-hydrogen) atoms. The molecule has 1 aromatic carbocycles. The van der Waals surface area contributed by atoms with Crippen LogP contribution in [-0.4, -0.2) is 45.6 Å². The van der Waals surface area contributed by atoms with Crippen LogP contribution in [-0.2, 0) is 9.53 Å². The zero-order valence-corrected chi connectivity index (χ0v) is 22.8. The van der Waals surface area contributed by atoms with Gasteiger partial charge < -0.3 is 15.4 Å². The minimum atomic E-state index is -0.713. The highest BCUT2D eigenvalue weighted by atomic mass is 32.2. The first-order chi connectivity index (χ1) is 16.7. The van der Waals surface area contributed by atoms with Gasteiger partial charge in [-0.3, -0.25) is 9.78 Å². The van der Waals surface area contributed by atoms with E-state index in [9.17, 15) is 9.59 Å². The van der Waals surface area contributed by atoms with E-state index in [0.717, 1.165) is 28.1 Å². The van der Waals surface area contributed by atoms with Crippen molar-refractivity contribution in [1.82, 2.24) is 15.3 Å². The second-order valence-corrected chi connectivity index (χ2v) is 10.2. The quantitative estimate of drug-likeness (QED) is 0.357. The second-order valence-electron chi connectivity index (χ2n) is 8.32. The summed E-state index contributed by atoms with van der Waals surface area (Å²) in [5.74, 6) is 0.403. The average molecular weight is 515 g/mol. The lowest BCUT2D eigenvalue weighted by atomic mass is 10.0. The summed E-state index contributed by atoms with van der Waals surface area (Å²) in [6, 6.07) is 11.3. The highest BCUT2D eigenvalue weighted by Gasteiger charge is 2.25. The number of carbonyl (C=O) groups excluding carboxylic acids is 2. The van der Waals surface area contributed by atoms with Crippen molar-refractivity contribution in [2.24, 2.45) is 0 Å². The number of nitrogens with one attached hydrogen (secondary N) is 2. The minimum absolute atomic E-state index is 0.318. The van der Waals surface area contributed by atoms with Crippen LogP contribution in [0.4, 0.5) is 9.93 Å². The van der Waals surface area contributed by atoms with E-state index in [-0.39, 0.29) is 5.91 Å². The van der Waals surface area contributed by atoms with E-state index in [1.54, 1.807) is 44.9 Å². The first-order valence-corrected chi connectivity index (χ1v) is 13.8. The number of hydrogen-bond acceptors (Lipinski definition) is 7. The molecule has 0 bridgehead atoms. The SMILES string of the molecule is CC.CSCCC(NC(=O)OC(C)(C)C)C(=O)Nc1nc(-c2cccc(-c3ccncc3)c2)cs1. The van der Waals surface area contributed by atoms with Crippen molar-refractivity contribution in [3.8, 4) is 22.4 Å². The van der Waals surface area contributed by atoms with Crippen LogP contribution in [0.1, 0.15) is 41.0 Å². The molecule has 7 nitrogen and oxygen atoms in total. The van der Waals surface area contributed by atoms with Gasteiger partial charge in [0.05, 0.1) is 5.69 Å². The van der Waals surface area contributed by atoms with E-state index in [0.29, 0.717) is 11.6 Å². The molecule has 1 unspecified atom stereocenters. The molecule has 2 N–H and O–H groups in total. The Kier molecular flexibility index (Phi) is 11.2. The summed E-state index contributed by atoms with van der Waals surface area (Å²) in [6.07, 6.45) is 5.35. The molecule has 2 heterocycles. The fraction of sp³-hybridized carbons (Fsp3) is 0.385. The molecule has 0 fully saturated rings. The molecule has 0 radical (unpaired) electrons. The smallest absolute Gasteiger partial charge is 0.408 e. The molecule has 0 aliphatic rings. The predicted molar refractivity (Wildman–Crippen MR) is 147 cm³/mol. The predicted octanol–water partition coefficient (Wildman–Crippen LogP) is 6.48. The van der Waals surface area contributed by atoms with Crippen LogP contribution < -0.4 is 10.6 Å². The van der Waals surface area contributed by atoms with E-state index in [4.69, 9.17) is 4.74 Å². The fourth-order valence-corrected chi connectivity index (χ4v) is 4.21. The maximum absolute atomic E-state index is 12.9. The second kappa shape index (κ2) is 13.8. The molecule has 2 amide bonds. The van der Waals surface area contributed by atoms with E-state index >= 15 is 0 Å². The number of carbonyl (C=O) groups is 2. The van der Waals surface area contributed by atoms with Crippen LogP contribution in [0, 0.1) is 0 Å². The third kappa shape index (κ3) is 9.33. The zero-order chi connectivity index (χ0) is 25.8. The van der Waals surface area contributed by atoms with Gasteiger partial charge >= 0.3 is 6.09 Å². The van der Waals surface area contributed by atoms with Gasteiger partial charge in [-0.05, 0) is 68.5 Å². The number of pyridine rings is 1. The van der Waals surface area contributed by atoms with Gasteiger partial charge in [-0.15, -0.1) is 11.3 Å². The Bertz CT molecular complexity index is 1080. The largest absolute Gasteiger partial charge is 0.444 e. The third-order valence-corrected chi connectivity index (χ3v) is 5.93. The molecule has 3 rings (SSSR count). The van der Waals surface area contributed by atoms with Gasteiger partial charge in [0.1, 0.15) is 11.6 Å². The van der Waals surface area contributed by atoms with Gasteiger partial charge in [0.2, 0.25) is 5.91 Å². The normalized spacial score (nSPS) is 11.6. The lowest BCUT2D eigenvalue weighted by Crippen LogP contribution is -2.46. The summed E-state index contributed by atoms with van der Waals surface area (Å²) < 4.78 is 5.30. The summed E-state index contributed by atoms with van der Waals surface area (Å²) in [5.41, 5.74) is 3.21. The van der Waals surface area contributed by atoms with Crippen molar-refractivity contribution in [3.05, 3.63) is 54.2 Å². The lowest BCUT2D eigenvalue weighted by molar-refractivity contribution is -0.118. The van der Waals surface area contributed by atoms with Crippen molar-refractivity contribution in [1.29, 1.82) is 0 Å². The first-order valence-electron chi connectivity index (χ1n) is 11.5. The average Bonchev–Trinajstić information content (AvgIpc) is 3.31. The Morgan fingerprint density at radius 3 is 2.43 bits per heavy atom. The maximum atomic E-state index is 12.9. The van der Waals surface area contributed by atoms with Gasteiger partial charge in [-0.2, -0.15) is 11.8 Å². The molecule has 1 atom stereocenters. The summed E-state index contributed by atoms with van der Waals surface area (Å²) in [6.45, 7) is 9.35. The van der Waals surface area contributed by atoms with Crippen LogP contribution in [0.25, 0.3) is 22.4 Å². The number of aromatic nitrogens is 2. The topological polar surface area (TPSA) is 93.2 Å². The molecular formula is C26H34N4O3S2. The number of rotatable bonds is 8. The van der Waals surface area contributed by atoms with Crippen LogP contribution in [0.15, 0.2) is 54.2 Å². The molecule has 0 spiro atoms. The van der Waals surface area contributed by atoms with E-state index < -0.39 is 17.7 Å². The van der Waals surface area contributed by atoms with Crippen LogP contribution in [0.3, 0.4) is 0 Å². The molecule has 0 aliphatic heterocycles. The van der Waals surface area contributed by atoms with Crippen molar-refractivity contribution < 1.29 is 14.3 Å². The van der Waals surface area contributed by atoms with Gasteiger partial charge in [-0.25, -0.2) is 9.78 Å². The number of alkyl carbamates (subject to hydrolysis) is 1. The Hall–Kier alpha value is -2.91. The summed E-state index contributed by atoms with van der Waals surface area (Å²) in [7, 11) is 0. The summed E-state index contributed by atoms with van der Waals surface area (Å²) in [4.78, 5) is 33.7. The summed E-state index contributed by atoms with van der Waals surface area (Å²) >= 11 is 2.95. The monoisotopic (exact) mass is 514 g/mol. The van der Waals surface area contributed by atoms with Crippen LogP contribution in [0.5, 0.6) is 0 Å². The minimum Gasteiger partial charge on any atom is -0.444 e. The molecule has 9 heteroatoms. The van der Waals surface area contributed by atoms with Crippen LogP contribution >= 0.6 is 23.1 Å². The molecule has 2 aromatic heterocycles. The Morgan fingerprint density at radius 2 is 1.77 bits per heavy atom. The molecule has 188 valence electrons. The number of hydrogen-bond donors (Lipinski definition) is 2. The van der Waals surface area contributed by atoms with Crippen molar-refractivity contribution >= 4 is 40.2 Å². The first kappa shape index (κ1) is 28.3. The van der Waals surface area contributed by atoms with E-state index in [1.807, 2.05) is 55.8 Å². The number of benzene rings is 1. The van der Waals surface area contributed by atoms with Gasteiger partial charge in [0, 0.05) is 23.3 Å². The van der Waals surface area contributed by atoms with Crippen molar-refractivity contribution in [2.45, 2.75) is 52.7 Å². The van der Waals surface area contributed by atoms with Crippen molar-refractivity contribution in [2.75, 3.05) is 17.3 Å². The number of nitrogens with zero attached hydrogens (tertiary/aromatic N) is 2. The fourth-order valence-electron chi connectivity index (χ4n) is 3.01. The zero-order valence-electron chi connectivity index (χ0n) is 21.1. The summed E-state index contributed by atoms with van der Waals surface area (Å²) in [5, 5.41) is 7.89. The van der Waals surface area contributed by atoms with E-state index in [1.165, 1.54) is 11.3 Å². The number of thioether (sulfide) groups is 1. The Morgan fingerprint density at radius 1 is 1.09 bits per heavy atom. The van der Waals surface area contributed by atoms with Crippen LogP contribution in [0.2, 0.25) is 0 Å². The number of ether oxygens (including phenoxy) is 1. The number of amides is 2. The number of anilines is 1. The third-order valence-electron chi connectivity index (χ3n) is 4.52. The molecule has 0 aliphatic carbocycles. The number of thiazole rings is 1. The molecular weight excluding hydrogens is 480 g/mol. The highest BCUT2D eigenvalue weighted by molar-refractivity contribution is 7.98. The van der Waals surface area contributed by atoms with Gasteiger partial charge in [-0.1, -0.05) is 32.0 Å². The Labute approximate surface area is 216 Å². The van der Waals surface area contributed by atoms with Gasteiger partial charge in [0.25, 0.3) is 0 Å². The lowest BCUT2D eigenvalue weighted by Gasteiger charge is -2.23. The van der Waals surface area contributed by atoms with E-state index in [2.05, 4.69) is 26.7 Å². The maximum Gasteiger partial charge on any atom is 0.408 e. The molecule has 0 saturated heterocycles. The molecule has 3 aromatic rings. The van der Waals surface area contributed by atoms with Gasteiger partial charge in [0.15, 0.2) is 5.13 Å².